The fourth-order valence-electron chi connectivity index (χ4n) is 2.07. The molecule has 0 amide bonds. The standard InChI is InChI=1S/C15H23NO2/c1-5-6-10-15(16(3)4)13-8-7-9-14(11-13)18-12(2)17/h7-9,11,15H,5-6,10H2,1-4H3. The van der Waals surface area contributed by atoms with E-state index in [0.717, 1.165) is 6.42 Å². The van der Waals surface area contributed by atoms with Crippen molar-refractivity contribution in [1.29, 1.82) is 0 Å². The van der Waals surface area contributed by atoms with Crippen LogP contribution < -0.4 is 4.74 Å². The molecule has 0 spiro atoms. The normalized spacial score (nSPS) is 12.5. The van der Waals surface area contributed by atoms with E-state index in [1.165, 1.54) is 25.3 Å². The van der Waals surface area contributed by atoms with Gasteiger partial charge in [-0.05, 0) is 38.2 Å². The molecule has 1 rings (SSSR count). The second kappa shape index (κ2) is 7.17. The lowest BCUT2D eigenvalue weighted by molar-refractivity contribution is -0.131. The van der Waals surface area contributed by atoms with Gasteiger partial charge in [-0.25, -0.2) is 0 Å². The van der Waals surface area contributed by atoms with Gasteiger partial charge in [0.2, 0.25) is 0 Å². The zero-order chi connectivity index (χ0) is 13.5. The number of carbonyl (C=O) groups is 1. The fourth-order valence-corrected chi connectivity index (χ4v) is 2.07. The van der Waals surface area contributed by atoms with Crippen molar-refractivity contribution in [3.05, 3.63) is 29.8 Å². The lowest BCUT2D eigenvalue weighted by Gasteiger charge is -2.25. The SMILES string of the molecule is CCCCC(c1cccc(OC(C)=O)c1)N(C)C. The molecule has 0 radical (unpaired) electrons. The maximum Gasteiger partial charge on any atom is 0.308 e. The zero-order valence-corrected chi connectivity index (χ0v) is 11.8. The summed E-state index contributed by atoms with van der Waals surface area (Å²) < 4.78 is 5.13. The molecule has 0 saturated carbocycles. The largest absolute Gasteiger partial charge is 0.427 e. The molecular formula is C15H23NO2. The van der Waals surface area contributed by atoms with Crippen molar-refractivity contribution in [3.8, 4) is 5.75 Å². The molecule has 3 nitrogen and oxygen atoms in total. The lowest BCUT2D eigenvalue weighted by atomic mass is 10.00. The molecule has 18 heavy (non-hydrogen) atoms. The molecular weight excluding hydrogens is 226 g/mol. The summed E-state index contributed by atoms with van der Waals surface area (Å²) in [6, 6.07) is 8.18. The fraction of sp³-hybridized carbons (Fsp3) is 0.533. The minimum Gasteiger partial charge on any atom is -0.427 e. The van der Waals surface area contributed by atoms with Crippen LogP contribution in [-0.4, -0.2) is 25.0 Å². The Balaban J connectivity index is 2.86. The van der Waals surface area contributed by atoms with E-state index >= 15 is 0 Å². The van der Waals surface area contributed by atoms with Gasteiger partial charge >= 0.3 is 5.97 Å². The van der Waals surface area contributed by atoms with E-state index in [4.69, 9.17) is 4.74 Å². The summed E-state index contributed by atoms with van der Waals surface area (Å²) in [6.45, 7) is 3.62. The molecule has 100 valence electrons. The summed E-state index contributed by atoms with van der Waals surface area (Å²) in [5, 5.41) is 0. The lowest BCUT2D eigenvalue weighted by Crippen LogP contribution is -2.20. The predicted molar refractivity (Wildman–Crippen MR) is 73.7 cm³/mol. The van der Waals surface area contributed by atoms with Crippen LogP contribution in [0.5, 0.6) is 5.75 Å². The highest BCUT2D eigenvalue weighted by Gasteiger charge is 2.14. The highest BCUT2D eigenvalue weighted by atomic mass is 16.5. The molecule has 1 aromatic rings. The second-order valence-corrected chi connectivity index (χ2v) is 4.79. The molecule has 0 bridgehead atoms. The van der Waals surface area contributed by atoms with Gasteiger partial charge in [-0.15, -0.1) is 0 Å². The van der Waals surface area contributed by atoms with Crippen molar-refractivity contribution >= 4 is 5.97 Å². The van der Waals surface area contributed by atoms with E-state index in [-0.39, 0.29) is 5.97 Å². The van der Waals surface area contributed by atoms with Gasteiger partial charge in [-0.1, -0.05) is 31.9 Å². The number of rotatable bonds is 6. The minimum atomic E-state index is -0.276. The predicted octanol–water partition coefficient (Wildman–Crippen LogP) is 3.40. The highest BCUT2D eigenvalue weighted by molar-refractivity contribution is 5.69. The Morgan fingerprint density at radius 3 is 2.67 bits per heavy atom. The molecule has 0 aliphatic carbocycles. The molecule has 0 aliphatic rings. The van der Waals surface area contributed by atoms with Gasteiger partial charge in [-0.2, -0.15) is 0 Å². The van der Waals surface area contributed by atoms with Crippen LogP contribution in [0.1, 0.15) is 44.7 Å². The Bertz CT molecular complexity index is 388. The first-order chi connectivity index (χ1) is 8.54. The third-order valence-corrected chi connectivity index (χ3v) is 2.96. The summed E-state index contributed by atoms with van der Waals surface area (Å²) in [5.41, 5.74) is 1.20. The first kappa shape index (κ1) is 14.7. The van der Waals surface area contributed by atoms with Gasteiger partial charge in [0.1, 0.15) is 5.75 Å². The Morgan fingerprint density at radius 2 is 2.11 bits per heavy atom. The zero-order valence-electron chi connectivity index (χ0n) is 11.8. The number of nitrogens with zero attached hydrogens (tertiary/aromatic N) is 1. The number of esters is 1. The topological polar surface area (TPSA) is 29.5 Å². The van der Waals surface area contributed by atoms with Gasteiger partial charge in [0.25, 0.3) is 0 Å². The number of benzene rings is 1. The average Bonchev–Trinajstić information content (AvgIpc) is 2.28. The smallest absolute Gasteiger partial charge is 0.308 e. The summed E-state index contributed by atoms with van der Waals surface area (Å²) in [6.07, 6.45) is 3.50. The number of ether oxygens (including phenoxy) is 1. The Labute approximate surface area is 110 Å². The van der Waals surface area contributed by atoms with Crippen LogP contribution in [0.25, 0.3) is 0 Å². The molecule has 0 saturated heterocycles. The molecule has 0 aliphatic heterocycles. The number of hydrogen-bond donors (Lipinski definition) is 0. The van der Waals surface area contributed by atoms with Gasteiger partial charge in [0.15, 0.2) is 0 Å². The summed E-state index contributed by atoms with van der Waals surface area (Å²) in [4.78, 5) is 13.2. The van der Waals surface area contributed by atoms with Crippen molar-refractivity contribution in [2.45, 2.75) is 39.2 Å². The molecule has 0 N–H and O–H groups in total. The van der Waals surface area contributed by atoms with Gasteiger partial charge in [-0.3, -0.25) is 4.79 Å². The van der Waals surface area contributed by atoms with Crippen molar-refractivity contribution in [2.75, 3.05) is 14.1 Å². The van der Waals surface area contributed by atoms with Crippen LogP contribution in [0.15, 0.2) is 24.3 Å². The van der Waals surface area contributed by atoms with Crippen LogP contribution in [-0.2, 0) is 4.79 Å². The molecule has 0 heterocycles. The number of hydrogen-bond acceptors (Lipinski definition) is 3. The van der Waals surface area contributed by atoms with Crippen LogP contribution in [0, 0.1) is 0 Å². The Hall–Kier alpha value is -1.35. The van der Waals surface area contributed by atoms with E-state index in [0.29, 0.717) is 11.8 Å². The van der Waals surface area contributed by atoms with Gasteiger partial charge in [0.05, 0.1) is 0 Å². The molecule has 0 fully saturated rings. The van der Waals surface area contributed by atoms with Gasteiger partial charge in [0, 0.05) is 13.0 Å². The van der Waals surface area contributed by atoms with E-state index in [1.807, 2.05) is 18.2 Å². The van der Waals surface area contributed by atoms with Crippen molar-refractivity contribution in [3.63, 3.8) is 0 Å². The number of unbranched alkanes of at least 4 members (excludes halogenated alkanes) is 1. The van der Waals surface area contributed by atoms with Crippen LogP contribution >= 0.6 is 0 Å². The summed E-state index contributed by atoms with van der Waals surface area (Å²) in [7, 11) is 4.16. The van der Waals surface area contributed by atoms with Crippen molar-refractivity contribution in [1.82, 2.24) is 4.90 Å². The number of carbonyl (C=O) groups excluding carboxylic acids is 1. The molecule has 3 heteroatoms. The first-order valence-electron chi connectivity index (χ1n) is 6.49. The van der Waals surface area contributed by atoms with Crippen molar-refractivity contribution < 1.29 is 9.53 Å². The monoisotopic (exact) mass is 249 g/mol. The van der Waals surface area contributed by atoms with E-state index < -0.39 is 0 Å². The molecule has 1 atom stereocenters. The third kappa shape index (κ3) is 4.49. The van der Waals surface area contributed by atoms with Crippen LogP contribution in [0.2, 0.25) is 0 Å². The maximum atomic E-state index is 11.0. The molecule has 1 aromatic carbocycles. The van der Waals surface area contributed by atoms with Crippen LogP contribution in [0.3, 0.4) is 0 Å². The van der Waals surface area contributed by atoms with Gasteiger partial charge < -0.3 is 9.64 Å². The van der Waals surface area contributed by atoms with Crippen molar-refractivity contribution in [2.24, 2.45) is 0 Å². The second-order valence-electron chi connectivity index (χ2n) is 4.79. The quantitative estimate of drug-likeness (QED) is 0.571. The average molecular weight is 249 g/mol. The Morgan fingerprint density at radius 1 is 1.39 bits per heavy atom. The van der Waals surface area contributed by atoms with Crippen LogP contribution in [0.4, 0.5) is 0 Å². The minimum absolute atomic E-state index is 0.276. The first-order valence-corrected chi connectivity index (χ1v) is 6.49. The van der Waals surface area contributed by atoms with E-state index in [9.17, 15) is 4.79 Å². The third-order valence-electron chi connectivity index (χ3n) is 2.96. The molecule has 1 unspecified atom stereocenters. The summed E-state index contributed by atoms with van der Waals surface area (Å²) >= 11 is 0. The van der Waals surface area contributed by atoms with E-state index in [2.05, 4.69) is 32.0 Å². The maximum absolute atomic E-state index is 11.0. The molecule has 0 aromatic heterocycles. The highest BCUT2D eigenvalue weighted by Crippen LogP contribution is 2.27. The summed E-state index contributed by atoms with van der Waals surface area (Å²) in [5.74, 6) is 0.352. The van der Waals surface area contributed by atoms with E-state index in [1.54, 1.807) is 0 Å². The Kier molecular flexibility index (Phi) is 5.86.